The van der Waals surface area contributed by atoms with E-state index < -0.39 is 0 Å². The zero-order chi connectivity index (χ0) is 25.6. The third-order valence-corrected chi connectivity index (χ3v) is 6.46. The molecule has 184 valence electrons. The van der Waals surface area contributed by atoms with Gasteiger partial charge in [0.1, 0.15) is 0 Å². The standard InChI is InChI=1S/C32H30N4O/c1-35(2)27-19-17-24(18-20-27)23-33-34-30(37)21-22-36-29-16-10-9-15-28(29)31(25-11-5-3-6-12-25)32(36)26-13-7-4-8-14-26/h3-20,23H,21-22H2,1-2H3,(H,34,37). The highest BCUT2D eigenvalue weighted by atomic mass is 16.2. The Morgan fingerprint density at radius 3 is 2.11 bits per heavy atom. The number of hydrogen-bond donors (Lipinski definition) is 1. The van der Waals surface area contributed by atoms with E-state index in [-0.39, 0.29) is 5.91 Å². The van der Waals surface area contributed by atoms with Crippen LogP contribution in [0.15, 0.2) is 114 Å². The average Bonchev–Trinajstić information content (AvgIpc) is 3.27. The molecule has 5 heteroatoms. The van der Waals surface area contributed by atoms with Gasteiger partial charge in [0.2, 0.25) is 5.91 Å². The van der Waals surface area contributed by atoms with Crippen molar-refractivity contribution in [1.29, 1.82) is 0 Å². The highest BCUT2D eigenvalue weighted by Crippen LogP contribution is 2.40. The zero-order valence-corrected chi connectivity index (χ0v) is 21.1. The van der Waals surface area contributed by atoms with Crippen LogP contribution >= 0.6 is 0 Å². The van der Waals surface area contributed by atoms with Crippen LogP contribution in [0.3, 0.4) is 0 Å². The third kappa shape index (κ3) is 5.31. The minimum atomic E-state index is -0.126. The van der Waals surface area contributed by atoms with Gasteiger partial charge in [-0.05, 0) is 34.9 Å². The number of nitrogens with one attached hydrogen (secondary N) is 1. The molecule has 0 saturated heterocycles. The van der Waals surface area contributed by atoms with Crippen LogP contribution < -0.4 is 10.3 Å². The van der Waals surface area contributed by atoms with Gasteiger partial charge in [-0.2, -0.15) is 5.10 Å². The maximum Gasteiger partial charge on any atom is 0.241 e. The second-order valence-corrected chi connectivity index (χ2v) is 9.15. The van der Waals surface area contributed by atoms with E-state index in [1.54, 1.807) is 6.21 Å². The minimum absolute atomic E-state index is 0.126. The molecule has 0 spiro atoms. The van der Waals surface area contributed by atoms with Gasteiger partial charge in [0.05, 0.1) is 11.9 Å². The van der Waals surface area contributed by atoms with Crippen molar-refractivity contribution in [1.82, 2.24) is 9.99 Å². The number of hydrazone groups is 1. The molecule has 0 unspecified atom stereocenters. The minimum Gasteiger partial charge on any atom is -0.378 e. The molecule has 0 bridgehead atoms. The molecule has 4 aromatic carbocycles. The molecule has 37 heavy (non-hydrogen) atoms. The van der Waals surface area contributed by atoms with E-state index in [4.69, 9.17) is 0 Å². The Bertz CT molecular complexity index is 1520. The van der Waals surface area contributed by atoms with E-state index in [2.05, 4.69) is 81.8 Å². The molecular weight excluding hydrogens is 456 g/mol. The molecule has 5 aromatic rings. The summed E-state index contributed by atoms with van der Waals surface area (Å²) >= 11 is 0. The lowest BCUT2D eigenvalue weighted by molar-refractivity contribution is -0.121. The van der Waals surface area contributed by atoms with Crippen LogP contribution in [-0.4, -0.2) is 30.8 Å². The lowest BCUT2D eigenvalue weighted by atomic mass is 9.98. The molecular formula is C32H30N4O. The van der Waals surface area contributed by atoms with Crippen LogP contribution in [0.4, 0.5) is 5.69 Å². The molecule has 0 atom stereocenters. The van der Waals surface area contributed by atoms with Crippen molar-refractivity contribution in [3.05, 3.63) is 115 Å². The van der Waals surface area contributed by atoms with Crippen molar-refractivity contribution >= 4 is 28.7 Å². The molecule has 5 nitrogen and oxygen atoms in total. The molecule has 1 amide bonds. The quantitative estimate of drug-likeness (QED) is 0.199. The van der Waals surface area contributed by atoms with Crippen molar-refractivity contribution in [2.75, 3.05) is 19.0 Å². The van der Waals surface area contributed by atoms with Crippen molar-refractivity contribution in [3.63, 3.8) is 0 Å². The number of hydrogen-bond acceptors (Lipinski definition) is 3. The van der Waals surface area contributed by atoms with Crippen molar-refractivity contribution in [3.8, 4) is 22.4 Å². The van der Waals surface area contributed by atoms with Gasteiger partial charge >= 0.3 is 0 Å². The average molecular weight is 487 g/mol. The largest absolute Gasteiger partial charge is 0.378 e. The van der Waals surface area contributed by atoms with Crippen molar-refractivity contribution in [2.45, 2.75) is 13.0 Å². The molecule has 1 aromatic heterocycles. The van der Waals surface area contributed by atoms with E-state index in [9.17, 15) is 4.79 Å². The van der Waals surface area contributed by atoms with Crippen molar-refractivity contribution in [2.24, 2.45) is 5.10 Å². The van der Waals surface area contributed by atoms with E-state index in [0.29, 0.717) is 13.0 Å². The topological polar surface area (TPSA) is 49.6 Å². The molecule has 0 saturated carbocycles. The zero-order valence-electron chi connectivity index (χ0n) is 21.1. The van der Waals surface area contributed by atoms with Crippen LogP contribution in [-0.2, 0) is 11.3 Å². The predicted octanol–water partition coefficient (Wildman–Crippen LogP) is 6.58. The number of anilines is 1. The maximum absolute atomic E-state index is 12.8. The van der Waals surface area contributed by atoms with Crippen molar-refractivity contribution < 1.29 is 4.79 Å². The van der Waals surface area contributed by atoms with Crippen LogP contribution in [0, 0.1) is 0 Å². The fourth-order valence-electron chi connectivity index (χ4n) is 4.64. The van der Waals surface area contributed by atoms with Gasteiger partial charge < -0.3 is 9.47 Å². The van der Waals surface area contributed by atoms with E-state index in [1.807, 2.05) is 61.5 Å². The fourth-order valence-corrected chi connectivity index (χ4v) is 4.64. The number of amides is 1. The third-order valence-electron chi connectivity index (χ3n) is 6.46. The molecule has 0 aliphatic heterocycles. The Morgan fingerprint density at radius 2 is 1.43 bits per heavy atom. The first-order chi connectivity index (χ1) is 18.1. The smallest absolute Gasteiger partial charge is 0.241 e. The molecule has 0 aliphatic carbocycles. The summed E-state index contributed by atoms with van der Waals surface area (Å²) in [4.78, 5) is 14.8. The second kappa shape index (κ2) is 11.0. The number of aromatic nitrogens is 1. The van der Waals surface area contributed by atoms with E-state index in [0.717, 1.165) is 33.6 Å². The Kier molecular flexibility index (Phi) is 7.13. The van der Waals surface area contributed by atoms with Gasteiger partial charge in [-0.25, -0.2) is 5.43 Å². The summed E-state index contributed by atoms with van der Waals surface area (Å²) < 4.78 is 2.26. The number of benzene rings is 4. The summed E-state index contributed by atoms with van der Waals surface area (Å²) in [7, 11) is 4.01. The lowest BCUT2D eigenvalue weighted by Gasteiger charge is -2.13. The van der Waals surface area contributed by atoms with Gasteiger partial charge in [-0.15, -0.1) is 0 Å². The van der Waals surface area contributed by atoms with Crippen LogP contribution in [0.25, 0.3) is 33.3 Å². The highest BCUT2D eigenvalue weighted by Gasteiger charge is 2.20. The summed E-state index contributed by atoms with van der Waals surface area (Å²) in [5.41, 5.74) is 10.4. The monoisotopic (exact) mass is 486 g/mol. The Balaban J connectivity index is 1.41. The summed E-state index contributed by atoms with van der Waals surface area (Å²) in [5, 5.41) is 5.35. The van der Waals surface area contributed by atoms with Gasteiger partial charge in [-0.1, -0.05) is 91.0 Å². The van der Waals surface area contributed by atoms with Crippen LogP contribution in [0.5, 0.6) is 0 Å². The molecule has 1 heterocycles. The first-order valence-electron chi connectivity index (χ1n) is 12.4. The van der Waals surface area contributed by atoms with Crippen LogP contribution in [0.1, 0.15) is 12.0 Å². The summed E-state index contributed by atoms with van der Waals surface area (Å²) in [5.74, 6) is -0.126. The number of aryl methyl sites for hydroxylation is 1. The number of fused-ring (bicyclic) bond motifs is 1. The van der Waals surface area contributed by atoms with Gasteiger partial charge in [0.25, 0.3) is 0 Å². The first-order valence-corrected chi connectivity index (χ1v) is 12.4. The summed E-state index contributed by atoms with van der Waals surface area (Å²) in [6, 6.07) is 37.3. The maximum atomic E-state index is 12.8. The molecule has 0 fully saturated rings. The number of carbonyl (C=O) groups is 1. The van der Waals surface area contributed by atoms with E-state index >= 15 is 0 Å². The van der Waals surface area contributed by atoms with Gasteiger partial charge in [-0.3, -0.25) is 4.79 Å². The number of carbonyl (C=O) groups excluding carboxylic acids is 1. The Morgan fingerprint density at radius 1 is 0.811 bits per heavy atom. The molecule has 1 N–H and O–H groups in total. The Hall–Kier alpha value is -4.64. The first kappa shape index (κ1) is 24.1. The number of para-hydroxylation sites is 1. The lowest BCUT2D eigenvalue weighted by Crippen LogP contribution is -2.19. The second-order valence-electron chi connectivity index (χ2n) is 9.15. The SMILES string of the molecule is CN(C)c1ccc(C=NNC(=O)CCn2c(-c3ccccc3)c(-c3ccccc3)c3ccccc32)cc1. The summed E-state index contributed by atoms with van der Waals surface area (Å²) in [6.45, 7) is 0.538. The van der Waals surface area contributed by atoms with Gasteiger partial charge in [0, 0.05) is 49.2 Å². The van der Waals surface area contributed by atoms with Crippen LogP contribution in [0.2, 0.25) is 0 Å². The highest BCUT2D eigenvalue weighted by molar-refractivity contribution is 6.04. The Labute approximate surface area is 217 Å². The molecule has 0 radical (unpaired) electrons. The predicted molar refractivity (Wildman–Crippen MR) is 154 cm³/mol. The fraction of sp³-hybridized carbons (Fsp3) is 0.125. The van der Waals surface area contributed by atoms with E-state index in [1.165, 1.54) is 10.9 Å². The number of rotatable bonds is 8. The molecule has 0 aliphatic rings. The molecule has 5 rings (SSSR count). The summed E-state index contributed by atoms with van der Waals surface area (Å²) in [6.07, 6.45) is 1.98. The van der Waals surface area contributed by atoms with Gasteiger partial charge in [0.15, 0.2) is 0 Å². The number of nitrogens with zero attached hydrogens (tertiary/aromatic N) is 3. The normalized spacial score (nSPS) is 11.2.